The highest BCUT2D eigenvalue weighted by Crippen LogP contribution is 2.28. The fourth-order valence-electron chi connectivity index (χ4n) is 3.00. The second-order valence-corrected chi connectivity index (χ2v) is 7.36. The van der Waals surface area contributed by atoms with E-state index in [0.717, 1.165) is 31.9 Å². The quantitative estimate of drug-likeness (QED) is 0.431. The van der Waals surface area contributed by atoms with Crippen molar-refractivity contribution in [3.8, 4) is 5.75 Å². The molecule has 0 spiro atoms. The molecule has 4 rings (SSSR count). The Bertz CT molecular complexity index is 1050. The summed E-state index contributed by atoms with van der Waals surface area (Å²) >= 11 is 1.53. The lowest BCUT2D eigenvalue weighted by molar-refractivity contribution is -0.118. The summed E-state index contributed by atoms with van der Waals surface area (Å²) in [5, 5.41) is 2.98. The van der Waals surface area contributed by atoms with Gasteiger partial charge in [-0.2, -0.15) is 0 Å². The molecule has 1 aromatic heterocycles. The number of thiazole rings is 1. The molecule has 27 heavy (non-hydrogen) atoms. The molecule has 0 atom stereocenters. The third-order valence-electron chi connectivity index (χ3n) is 4.49. The molecule has 1 heterocycles. The van der Waals surface area contributed by atoms with Gasteiger partial charge in [-0.15, -0.1) is 0 Å². The van der Waals surface area contributed by atoms with Crippen molar-refractivity contribution in [1.82, 2.24) is 4.98 Å². The van der Waals surface area contributed by atoms with Crippen molar-refractivity contribution in [2.24, 2.45) is 0 Å². The molecule has 3 aromatic carbocycles. The molecule has 5 heteroatoms. The maximum absolute atomic E-state index is 12.5. The zero-order chi connectivity index (χ0) is 18.6. The molecule has 0 bridgehead atoms. The molecule has 0 saturated carbocycles. The van der Waals surface area contributed by atoms with Gasteiger partial charge in [0.1, 0.15) is 5.75 Å². The van der Waals surface area contributed by atoms with Crippen LogP contribution in [0.25, 0.3) is 21.0 Å². The standard InChI is InChI=1S/C22H20N2O2S/c1-24(22-23-18-11-4-5-13-20(18)27-22)21(25)14-7-15-26-19-12-6-9-16-8-2-3-10-17(16)19/h2-6,8-13H,7,14-15H2,1H3. The van der Waals surface area contributed by atoms with Gasteiger partial charge >= 0.3 is 0 Å². The molecule has 0 aliphatic rings. The van der Waals surface area contributed by atoms with Crippen molar-refractivity contribution in [2.75, 3.05) is 18.6 Å². The Morgan fingerprint density at radius 3 is 2.70 bits per heavy atom. The summed E-state index contributed by atoms with van der Waals surface area (Å²) in [6, 6.07) is 22.1. The van der Waals surface area contributed by atoms with Crippen LogP contribution in [0.1, 0.15) is 12.8 Å². The number of ether oxygens (including phenoxy) is 1. The average Bonchev–Trinajstić information content (AvgIpc) is 3.14. The predicted molar refractivity (Wildman–Crippen MR) is 112 cm³/mol. The van der Waals surface area contributed by atoms with Crippen molar-refractivity contribution in [1.29, 1.82) is 0 Å². The van der Waals surface area contributed by atoms with Crippen molar-refractivity contribution < 1.29 is 9.53 Å². The van der Waals surface area contributed by atoms with Gasteiger partial charge in [0.25, 0.3) is 0 Å². The van der Waals surface area contributed by atoms with Gasteiger partial charge in [0.15, 0.2) is 5.13 Å². The normalized spacial score (nSPS) is 11.0. The van der Waals surface area contributed by atoms with Crippen LogP contribution in [-0.4, -0.2) is 24.5 Å². The van der Waals surface area contributed by atoms with Crippen LogP contribution in [-0.2, 0) is 4.79 Å². The highest BCUT2D eigenvalue weighted by atomic mass is 32.1. The molecule has 0 aliphatic heterocycles. The number of amides is 1. The fourth-order valence-corrected chi connectivity index (χ4v) is 3.95. The maximum Gasteiger partial charge on any atom is 0.228 e. The van der Waals surface area contributed by atoms with Crippen molar-refractivity contribution in [2.45, 2.75) is 12.8 Å². The highest BCUT2D eigenvalue weighted by Gasteiger charge is 2.15. The minimum absolute atomic E-state index is 0.0515. The number of carbonyl (C=O) groups is 1. The lowest BCUT2D eigenvalue weighted by Crippen LogP contribution is -2.26. The first-order valence-electron chi connectivity index (χ1n) is 8.95. The van der Waals surface area contributed by atoms with Crippen LogP contribution in [0.3, 0.4) is 0 Å². The predicted octanol–water partition coefficient (Wildman–Crippen LogP) is 5.27. The number of hydrogen-bond donors (Lipinski definition) is 0. The maximum atomic E-state index is 12.5. The summed E-state index contributed by atoms with van der Waals surface area (Å²) in [4.78, 5) is 18.7. The largest absolute Gasteiger partial charge is 0.493 e. The zero-order valence-corrected chi connectivity index (χ0v) is 15.9. The molecule has 0 unspecified atom stereocenters. The molecule has 0 radical (unpaired) electrons. The monoisotopic (exact) mass is 376 g/mol. The Labute approximate surface area is 162 Å². The Hall–Kier alpha value is -2.92. The van der Waals surface area contributed by atoms with Crippen LogP contribution >= 0.6 is 11.3 Å². The molecule has 4 nitrogen and oxygen atoms in total. The van der Waals surface area contributed by atoms with Gasteiger partial charge in [0.2, 0.25) is 5.91 Å². The van der Waals surface area contributed by atoms with E-state index in [4.69, 9.17) is 4.74 Å². The first-order valence-corrected chi connectivity index (χ1v) is 9.77. The van der Waals surface area contributed by atoms with E-state index >= 15 is 0 Å². The van der Waals surface area contributed by atoms with Gasteiger partial charge in [-0.05, 0) is 30.0 Å². The van der Waals surface area contributed by atoms with E-state index in [1.54, 1.807) is 11.9 Å². The van der Waals surface area contributed by atoms with E-state index in [-0.39, 0.29) is 5.91 Å². The zero-order valence-electron chi connectivity index (χ0n) is 15.1. The van der Waals surface area contributed by atoms with Crippen molar-refractivity contribution >= 4 is 43.4 Å². The fraction of sp³-hybridized carbons (Fsp3) is 0.182. The Morgan fingerprint density at radius 1 is 1.04 bits per heavy atom. The molecule has 0 fully saturated rings. The second-order valence-electron chi connectivity index (χ2n) is 6.35. The molecule has 4 aromatic rings. The van der Waals surface area contributed by atoms with Crippen LogP contribution in [0.4, 0.5) is 5.13 Å². The number of aromatic nitrogens is 1. The molecule has 0 saturated heterocycles. The molecule has 0 aliphatic carbocycles. The van der Waals surface area contributed by atoms with Crippen molar-refractivity contribution in [3.63, 3.8) is 0 Å². The SMILES string of the molecule is CN(C(=O)CCCOc1cccc2ccccc12)c1nc2ccccc2s1. The number of carbonyl (C=O) groups excluding carboxylic acids is 1. The van der Waals surface area contributed by atoms with Gasteiger partial charge in [0, 0.05) is 18.9 Å². The molecular weight excluding hydrogens is 356 g/mol. The van der Waals surface area contributed by atoms with E-state index in [0.29, 0.717) is 19.4 Å². The van der Waals surface area contributed by atoms with E-state index in [9.17, 15) is 4.79 Å². The Kier molecular flexibility index (Phi) is 5.03. The van der Waals surface area contributed by atoms with E-state index in [1.165, 1.54) is 11.3 Å². The third-order valence-corrected chi connectivity index (χ3v) is 5.60. The van der Waals surface area contributed by atoms with Crippen LogP contribution in [0, 0.1) is 0 Å². The van der Waals surface area contributed by atoms with Gasteiger partial charge in [-0.25, -0.2) is 4.98 Å². The first-order chi connectivity index (χ1) is 13.2. The Balaban J connectivity index is 1.33. The summed E-state index contributed by atoms with van der Waals surface area (Å²) in [7, 11) is 1.78. The molecular formula is C22H20N2O2S. The van der Waals surface area contributed by atoms with Gasteiger partial charge in [-0.1, -0.05) is 59.9 Å². The number of benzene rings is 3. The van der Waals surface area contributed by atoms with Gasteiger partial charge in [-0.3, -0.25) is 9.69 Å². The lowest BCUT2D eigenvalue weighted by Gasteiger charge is -2.14. The smallest absolute Gasteiger partial charge is 0.228 e. The minimum atomic E-state index is 0.0515. The van der Waals surface area contributed by atoms with Crippen molar-refractivity contribution in [3.05, 3.63) is 66.7 Å². The molecule has 0 N–H and O–H groups in total. The van der Waals surface area contributed by atoms with Gasteiger partial charge in [0.05, 0.1) is 16.8 Å². The summed E-state index contributed by atoms with van der Waals surface area (Å²) in [6.07, 6.45) is 1.09. The summed E-state index contributed by atoms with van der Waals surface area (Å²) in [6.45, 7) is 0.507. The van der Waals surface area contributed by atoms with E-state index < -0.39 is 0 Å². The number of fused-ring (bicyclic) bond motifs is 2. The van der Waals surface area contributed by atoms with Gasteiger partial charge < -0.3 is 4.74 Å². The lowest BCUT2D eigenvalue weighted by atomic mass is 10.1. The highest BCUT2D eigenvalue weighted by molar-refractivity contribution is 7.22. The first kappa shape index (κ1) is 17.5. The number of hydrogen-bond acceptors (Lipinski definition) is 4. The topological polar surface area (TPSA) is 42.4 Å². The summed E-state index contributed by atoms with van der Waals surface area (Å²) in [5.74, 6) is 0.913. The number of rotatable bonds is 6. The van der Waals surface area contributed by atoms with E-state index in [2.05, 4.69) is 23.2 Å². The van der Waals surface area contributed by atoms with Crippen LogP contribution < -0.4 is 9.64 Å². The Morgan fingerprint density at radius 2 is 1.81 bits per heavy atom. The number of nitrogens with zero attached hydrogens (tertiary/aromatic N) is 2. The van der Waals surface area contributed by atoms with Crippen LogP contribution in [0.2, 0.25) is 0 Å². The number of para-hydroxylation sites is 1. The molecule has 136 valence electrons. The third kappa shape index (κ3) is 3.78. The van der Waals surface area contributed by atoms with E-state index in [1.807, 2.05) is 48.5 Å². The molecule has 1 amide bonds. The van der Waals surface area contributed by atoms with Crippen LogP contribution in [0.5, 0.6) is 5.75 Å². The van der Waals surface area contributed by atoms with Crippen LogP contribution in [0.15, 0.2) is 66.7 Å². The second kappa shape index (κ2) is 7.76. The number of anilines is 1. The summed E-state index contributed by atoms with van der Waals surface area (Å²) < 4.78 is 7.01. The minimum Gasteiger partial charge on any atom is -0.493 e. The average molecular weight is 376 g/mol. The summed E-state index contributed by atoms with van der Waals surface area (Å²) in [5.41, 5.74) is 0.927.